The third kappa shape index (κ3) is 4.56. The number of nitrogens with one attached hydrogen (secondary N) is 1. The number of piperidine rings is 1. The van der Waals surface area contributed by atoms with Gasteiger partial charge in [0.05, 0.1) is 28.1 Å². The standard InChI is InChI=1S/C33H30F3N3O5S2/c34-33(35,36)19-9-3-4-10-20(19)39-30(41)25-17-14-18(26(25)31(39)42)27-24(17)23(28-29(45-27)37-32(43)46-28)16-8-2-5-11-21(16)44-15-22(40)38-12-6-1-7-13-38/h2-5,8-11,17-18,23-27H,1,6-7,12-15H2,(H,37,43)/t17-,18-,23-,24?,25?,26?,27?/m1/s1. The molecule has 0 radical (unpaired) electrons. The van der Waals surface area contributed by atoms with Crippen molar-refractivity contribution in [2.24, 2.45) is 29.6 Å². The number of likely N-dealkylation sites (tertiary alicyclic amines) is 1. The van der Waals surface area contributed by atoms with E-state index in [1.165, 1.54) is 30.0 Å². The maximum Gasteiger partial charge on any atom is 0.418 e. The van der Waals surface area contributed by atoms with Crippen molar-refractivity contribution in [1.29, 1.82) is 0 Å². The number of aromatic nitrogens is 1. The predicted octanol–water partition coefficient (Wildman–Crippen LogP) is 5.52. The van der Waals surface area contributed by atoms with Gasteiger partial charge in [-0.25, -0.2) is 4.90 Å². The van der Waals surface area contributed by atoms with Crippen LogP contribution in [0.25, 0.3) is 0 Å². The zero-order valence-corrected chi connectivity index (χ0v) is 26.1. The molecular formula is C33H30F3N3O5S2. The number of ether oxygens (including phenoxy) is 1. The fourth-order valence-electron chi connectivity index (χ4n) is 8.75. The SMILES string of the molecule is O=C(COc1ccccc1[C@H]1c2sc(=O)[nH]c2SC2C1[C@H]1C[C@@H]2C2C(=O)N(c3ccccc3C(F)(F)F)C(=O)C21)N1CCCCC1. The van der Waals surface area contributed by atoms with Crippen LogP contribution in [0.15, 0.2) is 58.4 Å². The molecule has 8 rings (SSSR count). The zero-order chi connectivity index (χ0) is 31.9. The van der Waals surface area contributed by atoms with Crippen molar-refractivity contribution < 1.29 is 32.3 Å². The number of thiazole rings is 1. The van der Waals surface area contributed by atoms with E-state index in [0.29, 0.717) is 30.3 Å². The van der Waals surface area contributed by atoms with Crippen LogP contribution >= 0.6 is 23.1 Å². The van der Waals surface area contributed by atoms with Gasteiger partial charge in [-0.15, -0.1) is 11.8 Å². The Balaban J connectivity index is 1.15. The first-order valence-electron chi connectivity index (χ1n) is 15.6. The van der Waals surface area contributed by atoms with E-state index in [1.807, 2.05) is 23.1 Å². The van der Waals surface area contributed by atoms with Gasteiger partial charge >= 0.3 is 11.0 Å². The smallest absolute Gasteiger partial charge is 0.418 e. The Morgan fingerprint density at radius 1 is 0.935 bits per heavy atom. The number of carbonyl (C=O) groups excluding carboxylic acids is 3. The fourth-order valence-corrected chi connectivity index (χ4v) is 11.6. The van der Waals surface area contributed by atoms with Crippen molar-refractivity contribution in [1.82, 2.24) is 9.88 Å². The van der Waals surface area contributed by atoms with Crippen LogP contribution in [0.4, 0.5) is 18.9 Å². The minimum atomic E-state index is -4.73. The molecule has 1 N–H and O–H groups in total. The normalized spacial score (nSPS) is 29.9. The Kier molecular flexibility index (Phi) is 7.13. The number of nitrogens with zero attached hydrogens (tertiary/aromatic N) is 2. The molecule has 2 saturated carbocycles. The summed E-state index contributed by atoms with van der Waals surface area (Å²) in [6.07, 6.45) is -1.11. The van der Waals surface area contributed by atoms with Crippen molar-refractivity contribution in [3.63, 3.8) is 0 Å². The Hall–Kier alpha value is -3.58. The second kappa shape index (κ2) is 11.0. The molecule has 4 heterocycles. The van der Waals surface area contributed by atoms with Gasteiger partial charge in [-0.3, -0.25) is 19.2 Å². The number of H-pyrrole nitrogens is 1. The summed E-state index contributed by atoms with van der Waals surface area (Å²) in [4.78, 5) is 59.7. The number of imide groups is 1. The molecule has 4 fully saturated rings. The van der Waals surface area contributed by atoms with Crippen molar-refractivity contribution in [3.05, 3.63) is 74.2 Å². The molecule has 46 heavy (non-hydrogen) atoms. The molecule has 5 aliphatic rings. The lowest BCUT2D eigenvalue weighted by atomic mass is 9.68. The highest BCUT2D eigenvalue weighted by Gasteiger charge is 2.70. The number of anilines is 1. The molecule has 2 saturated heterocycles. The third-order valence-corrected chi connectivity index (χ3v) is 13.1. The minimum Gasteiger partial charge on any atom is -0.483 e. The van der Waals surface area contributed by atoms with Crippen LogP contribution in [0, 0.1) is 29.6 Å². The number of halogens is 3. The lowest BCUT2D eigenvalue weighted by Gasteiger charge is -2.43. The highest BCUT2D eigenvalue weighted by atomic mass is 32.2. The van der Waals surface area contributed by atoms with E-state index in [-0.39, 0.29) is 46.3 Å². The number of hydrogen-bond donors (Lipinski definition) is 1. The average molecular weight is 670 g/mol. The van der Waals surface area contributed by atoms with Crippen molar-refractivity contribution in [3.8, 4) is 5.75 Å². The van der Waals surface area contributed by atoms with Crippen LogP contribution in [-0.4, -0.2) is 52.6 Å². The van der Waals surface area contributed by atoms with Gasteiger partial charge in [0.25, 0.3) is 5.91 Å². The van der Waals surface area contributed by atoms with Crippen LogP contribution in [0.3, 0.4) is 0 Å². The number of rotatable bonds is 5. The first kappa shape index (κ1) is 29.8. The van der Waals surface area contributed by atoms with Gasteiger partial charge in [0, 0.05) is 34.7 Å². The summed E-state index contributed by atoms with van der Waals surface area (Å²) < 4.78 is 48.1. The van der Waals surface area contributed by atoms with Gasteiger partial charge in [-0.05, 0) is 61.6 Å². The second-order valence-electron chi connectivity index (χ2n) is 12.8. The van der Waals surface area contributed by atoms with Crippen LogP contribution < -0.4 is 14.5 Å². The molecule has 13 heteroatoms. The van der Waals surface area contributed by atoms with Gasteiger partial charge in [0.1, 0.15) is 5.75 Å². The second-order valence-corrected chi connectivity index (χ2v) is 15.0. The number of carbonyl (C=O) groups is 3. The summed E-state index contributed by atoms with van der Waals surface area (Å²) in [6, 6.07) is 12.2. The fraction of sp³-hybridized carbons (Fsp3) is 0.455. The molecule has 0 spiro atoms. The molecular weight excluding hydrogens is 640 g/mol. The molecule has 2 aliphatic carbocycles. The molecule has 240 valence electrons. The van der Waals surface area contributed by atoms with Gasteiger partial charge in [-0.2, -0.15) is 13.2 Å². The summed E-state index contributed by atoms with van der Waals surface area (Å²) in [7, 11) is 0. The topological polar surface area (TPSA) is 99.8 Å². The highest BCUT2D eigenvalue weighted by molar-refractivity contribution is 8.00. The summed E-state index contributed by atoms with van der Waals surface area (Å²) in [5.74, 6) is -3.30. The molecule has 7 atom stereocenters. The lowest BCUT2D eigenvalue weighted by Crippen LogP contribution is -2.43. The number of benzene rings is 2. The molecule has 4 unspecified atom stereocenters. The summed E-state index contributed by atoms with van der Waals surface area (Å²) in [5.41, 5.74) is -0.647. The molecule has 2 aromatic carbocycles. The molecule has 3 aliphatic heterocycles. The quantitative estimate of drug-likeness (QED) is 0.359. The molecule has 3 aromatic rings. The first-order chi connectivity index (χ1) is 22.1. The van der Waals surface area contributed by atoms with Crippen molar-refractivity contribution in [2.45, 2.75) is 48.1 Å². The Morgan fingerprint density at radius 3 is 2.39 bits per heavy atom. The van der Waals surface area contributed by atoms with E-state index in [2.05, 4.69) is 4.98 Å². The maximum absolute atomic E-state index is 14.0. The number of thioether (sulfide) groups is 1. The van der Waals surface area contributed by atoms with E-state index in [1.54, 1.807) is 6.07 Å². The highest BCUT2D eigenvalue weighted by Crippen LogP contribution is 2.69. The minimum absolute atomic E-state index is 0.0874. The number of hydrogen-bond acceptors (Lipinski definition) is 7. The number of para-hydroxylation sites is 2. The van der Waals surface area contributed by atoms with Gasteiger partial charge < -0.3 is 14.6 Å². The summed E-state index contributed by atoms with van der Waals surface area (Å²) >= 11 is 2.60. The molecule has 3 amide bonds. The Labute approximate surface area is 270 Å². The molecule has 8 nitrogen and oxygen atoms in total. The largest absolute Gasteiger partial charge is 0.483 e. The average Bonchev–Trinajstić information content (AvgIpc) is 3.78. The van der Waals surface area contributed by atoms with E-state index in [0.717, 1.165) is 52.0 Å². The van der Waals surface area contributed by atoms with Crippen molar-refractivity contribution >= 4 is 46.5 Å². The number of fused-ring (bicyclic) bond motifs is 9. The number of aromatic amines is 1. The van der Waals surface area contributed by atoms with Crippen LogP contribution in [0.2, 0.25) is 0 Å². The zero-order valence-electron chi connectivity index (χ0n) is 24.5. The third-order valence-electron chi connectivity index (χ3n) is 10.5. The molecule has 1 aromatic heterocycles. The van der Waals surface area contributed by atoms with Gasteiger partial charge in [-0.1, -0.05) is 41.7 Å². The summed E-state index contributed by atoms with van der Waals surface area (Å²) in [6.45, 7) is 1.29. The monoisotopic (exact) mass is 669 g/mol. The van der Waals surface area contributed by atoms with E-state index in [9.17, 15) is 32.3 Å². The van der Waals surface area contributed by atoms with Crippen LogP contribution in [-0.2, 0) is 20.6 Å². The Morgan fingerprint density at radius 2 is 1.63 bits per heavy atom. The van der Waals surface area contributed by atoms with Crippen molar-refractivity contribution in [2.75, 3.05) is 24.6 Å². The van der Waals surface area contributed by atoms with E-state index in [4.69, 9.17) is 4.74 Å². The lowest BCUT2D eigenvalue weighted by molar-refractivity contribution is -0.137. The Bertz CT molecular complexity index is 1800. The maximum atomic E-state index is 14.0. The van der Waals surface area contributed by atoms with E-state index >= 15 is 0 Å². The summed E-state index contributed by atoms with van der Waals surface area (Å²) in [5, 5.41) is 0.562. The number of amides is 3. The first-order valence-corrected chi connectivity index (χ1v) is 17.3. The number of alkyl halides is 3. The van der Waals surface area contributed by atoms with Gasteiger partial charge in [0.2, 0.25) is 11.8 Å². The van der Waals surface area contributed by atoms with Crippen LogP contribution in [0.5, 0.6) is 5.75 Å². The van der Waals surface area contributed by atoms with Crippen LogP contribution in [0.1, 0.15) is 47.6 Å². The van der Waals surface area contributed by atoms with Gasteiger partial charge in [0.15, 0.2) is 6.61 Å². The van der Waals surface area contributed by atoms with E-state index < -0.39 is 41.1 Å². The predicted molar refractivity (Wildman–Crippen MR) is 165 cm³/mol. The molecule has 2 bridgehead atoms.